The summed E-state index contributed by atoms with van der Waals surface area (Å²) in [5.41, 5.74) is 1.50. The summed E-state index contributed by atoms with van der Waals surface area (Å²) < 4.78 is 5.37. The number of carbonyl (C=O) groups excluding carboxylic acids is 1. The first-order chi connectivity index (χ1) is 9.54. The number of carboxylic acid groups (broad SMARTS) is 1. The minimum atomic E-state index is -0.967. The van der Waals surface area contributed by atoms with Gasteiger partial charge in [-0.15, -0.1) is 11.3 Å². The molecule has 2 aromatic rings. The predicted octanol–water partition coefficient (Wildman–Crippen LogP) is 2.34. The lowest BCUT2D eigenvalue weighted by Gasteiger charge is -2.04. The number of hydrogen-bond donors (Lipinski definition) is 1. The van der Waals surface area contributed by atoms with Gasteiger partial charge in [0.15, 0.2) is 11.6 Å². The fraction of sp³-hybridized carbons (Fsp3) is 0.214. The first-order valence-electron chi connectivity index (χ1n) is 5.93. The van der Waals surface area contributed by atoms with Crippen molar-refractivity contribution in [1.82, 2.24) is 4.98 Å². The van der Waals surface area contributed by atoms with Crippen molar-refractivity contribution in [3.05, 3.63) is 45.9 Å². The van der Waals surface area contributed by atoms with Gasteiger partial charge in [-0.25, -0.2) is 4.98 Å². The number of nitrogens with zero attached hydrogens (tertiary/aromatic N) is 1. The van der Waals surface area contributed by atoms with Crippen molar-refractivity contribution in [2.75, 3.05) is 6.61 Å². The first kappa shape index (κ1) is 14.2. The zero-order valence-electron chi connectivity index (χ0n) is 10.8. The summed E-state index contributed by atoms with van der Waals surface area (Å²) in [6, 6.07) is 7.38. The van der Waals surface area contributed by atoms with E-state index in [0.29, 0.717) is 11.4 Å². The van der Waals surface area contributed by atoms with Crippen molar-refractivity contribution in [3.63, 3.8) is 0 Å². The molecule has 0 bridgehead atoms. The summed E-state index contributed by atoms with van der Waals surface area (Å²) in [5, 5.41) is 10.5. The number of ketones is 1. The van der Waals surface area contributed by atoms with Crippen LogP contribution in [-0.4, -0.2) is 28.4 Å². The van der Waals surface area contributed by atoms with Crippen LogP contribution in [0.5, 0.6) is 5.75 Å². The molecule has 0 amide bonds. The molecule has 0 spiro atoms. The Bertz CT molecular complexity index is 618. The number of rotatable bonds is 6. The number of hydrogen-bond acceptors (Lipinski definition) is 5. The number of aliphatic carboxylic acids is 1. The normalized spacial score (nSPS) is 10.2. The van der Waals surface area contributed by atoms with Crippen molar-refractivity contribution in [3.8, 4) is 5.75 Å². The van der Waals surface area contributed by atoms with Crippen LogP contribution in [0.25, 0.3) is 0 Å². The number of aryl methyl sites for hydroxylation is 1. The Kier molecular flexibility index (Phi) is 4.47. The number of aromatic nitrogens is 1. The fourth-order valence-electron chi connectivity index (χ4n) is 1.52. The van der Waals surface area contributed by atoms with E-state index in [1.54, 1.807) is 17.5 Å². The van der Waals surface area contributed by atoms with Gasteiger partial charge in [-0.2, -0.15) is 0 Å². The molecule has 1 aromatic carbocycles. The molecule has 0 unspecified atom stereocenters. The van der Waals surface area contributed by atoms with E-state index in [4.69, 9.17) is 9.84 Å². The quantitative estimate of drug-likeness (QED) is 0.827. The van der Waals surface area contributed by atoms with Crippen LogP contribution >= 0.6 is 11.3 Å². The zero-order valence-corrected chi connectivity index (χ0v) is 11.6. The number of thiazole rings is 1. The molecule has 1 N–H and O–H groups in total. The second-order valence-electron chi connectivity index (χ2n) is 4.24. The Morgan fingerprint density at radius 3 is 2.65 bits per heavy atom. The summed E-state index contributed by atoms with van der Waals surface area (Å²) in [4.78, 5) is 26.4. The molecule has 0 radical (unpaired) electrons. The molecular formula is C14H13NO4S. The maximum Gasteiger partial charge on any atom is 0.309 e. The van der Waals surface area contributed by atoms with Gasteiger partial charge in [-0.3, -0.25) is 9.59 Å². The number of benzene rings is 1. The minimum Gasteiger partial charge on any atom is -0.485 e. The highest BCUT2D eigenvalue weighted by Gasteiger charge is 2.13. The molecule has 5 nitrogen and oxygen atoms in total. The lowest BCUT2D eigenvalue weighted by atomic mass is 10.2. The largest absolute Gasteiger partial charge is 0.485 e. The van der Waals surface area contributed by atoms with Gasteiger partial charge in [0.1, 0.15) is 5.75 Å². The molecule has 20 heavy (non-hydrogen) atoms. The van der Waals surface area contributed by atoms with Gasteiger partial charge in [-0.05, 0) is 19.1 Å². The van der Waals surface area contributed by atoms with Crippen molar-refractivity contribution in [2.24, 2.45) is 0 Å². The summed E-state index contributed by atoms with van der Waals surface area (Å²) >= 11 is 1.13. The molecule has 0 saturated heterocycles. The molecule has 0 aliphatic rings. The standard InChI is InChI=1S/C14H13NO4S/c1-9-2-4-11(5-3-9)19-7-12(16)14-15-10(8-20-14)6-13(17)18/h2-5,8H,6-7H2,1H3,(H,17,18). The summed E-state index contributed by atoms with van der Waals surface area (Å²) in [6.45, 7) is 1.86. The number of carboxylic acids is 1. The smallest absolute Gasteiger partial charge is 0.309 e. The molecule has 0 aliphatic carbocycles. The highest BCUT2D eigenvalue weighted by molar-refractivity contribution is 7.11. The summed E-state index contributed by atoms with van der Waals surface area (Å²) in [6.07, 6.45) is -0.178. The summed E-state index contributed by atoms with van der Waals surface area (Å²) in [7, 11) is 0. The van der Waals surface area contributed by atoms with E-state index in [2.05, 4.69) is 4.98 Å². The molecule has 104 valence electrons. The third-order valence-corrected chi connectivity index (χ3v) is 3.45. The Hall–Kier alpha value is -2.21. The Labute approximate surface area is 119 Å². The van der Waals surface area contributed by atoms with Crippen LogP contribution in [0.1, 0.15) is 21.1 Å². The second-order valence-corrected chi connectivity index (χ2v) is 5.10. The van der Waals surface area contributed by atoms with Crippen molar-refractivity contribution in [1.29, 1.82) is 0 Å². The fourth-order valence-corrected chi connectivity index (χ4v) is 2.26. The molecular weight excluding hydrogens is 278 g/mol. The molecule has 6 heteroatoms. The maximum atomic E-state index is 11.9. The van der Waals surface area contributed by atoms with Crippen LogP contribution in [0.3, 0.4) is 0 Å². The van der Waals surface area contributed by atoms with Gasteiger partial charge < -0.3 is 9.84 Å². The first-order valence-corrected chi connectivity index (χ1v) is 6.81. The lowest BCUT2D eigenvalue weighted by Crippen LogP contribution is -2.11. The Morgan fingerprint density at radius 2 is 2.00 bits per heavy atom. The van der Waals surface area contributed by atoms with Gasteiger partial charge in [-0.1, -0.05) is 17.7 Å². The van der Waals surface area contributed by atoms with Crippen LogP contribution in [-0.2, 0) is 11.2 Å². The SMILES string of the molecule is Cc1ccc(OCC(=O)c2nc(CC(=O)O)cs2)cc1. The molecule has 0 atom stereocenters. The predicted molar refractivity (Wildman–Crippen MR) is 74.5 cm³/mol. The molecule has 0 saturated carbocycles. The topological polar surface area (TPSA) is 76.5 Å². The van der Waals surface area contributed by atoms with Crippen molar-refractivity contribution < 1.29 is 19.4 Å². The zero-order chi connectivity index (χ0) is 14.5. The Morgan fingerprint density at radius 1 is 1.30 bits per heavy atom. The molecule has 1 heterocycles. The average molecular weight is 291 g/mol. The van der Waals surface area contributed by atoms with Crippen LogP contribution < -0.4 is 4.74 Å². The van der Waals surface area contributed by atoms with Gasteiger partial charge >= 0.3 is 5.97 Å². The maximum absolute atomic E-state index is 11.9. The van der Waals surface area contributed by atoms with E-state index in [1.807, 2.05) is 19.1 Å². The van der Waals surface area contributed by atoms with E-state index in [1.165, 1.54) is 0 Å². The lowest BCUT2D eigenvalue weighted by molar-refractivity contribution is -0.136. The van der Waals surface area contributed by atoms with Gasteiger partial charge in [0, 0.05) is 5.38 Å². The summed E-state index contributed by atoms with van der Waals surface area (Å²) in [5.74, 6) is -0.608. The number of ether oxygens (including phenoxy) is 1. The monoisotopic (exact) mass is 291 g/mol. The van der Waals surface area contributed by atoms with Crippen LogP contribution in [0.4, 0.5) is 0 Å². The Balaban J connectivity index is 1.93. The number of carbonyl (C=O) groups is 2. The van der Waals surface area contributed by atoms with Gasteiger partial charge in [0.05, 0.1) is 12.1 Å². The van der Waals surface area contributed by atoms with Crippen LogP contribution in [0, 0.1) is 6.92 Å². The van der Waals surface area contributed by atoms with E-state index >= 15 is 0 Å². The van der Waals surface area contributed by atoms with Crippen molar-refractivity contribution >= 4 is 23.1 Å². The third kappa shape index (κ3) is 3.89. The van der Waals surface area contributed by atoms with E-state index < -0.39 is 5.97 Å². The van der Waals surface area contributed by atoms with E-state index in [-0.39, 0.29) is 23.8 Å². The number of Topliss-reactive ketones (excluding diaryl/α,β-unsaturated/α-hetero) is 1. The van der Waals surface area contributed by atoms with Gasteiger partial charge in [0.2, 0.25) is 5.78 Å². The molecule has 2 rings (SSSR count). The van der Waals surface area contributed by atoms with Crippen LogP contribution in [0.15, 0.2) is 29.6 Å². The van der Waals surface area contributed by atoms with Crippen LogP contribution in [0.2, 0.25) is 0 Å². The molecule has 1 aromatic heterocycles. The highest BCUT2D eigenvalue weighted by Crippen LogP contribution is 2.14. The van der Waals surface area contributed by atoms with E-state index in [0.717, 1.165) is 16.9 Å². The highest BCUT2D eigenvalue weighted by atomic mass is 32.1. The third-order valence-electron chi connectivity index (χ3n) is 2.51. The molecule has 0 aliphatic heterocycles. The average Bonchev–Trinajstić information content (AvgIpc) is 2.85. The minimum absolute atomic E-state index is 0.108. The van der Waals surface area contributed by atoms with E-state index in [9.17, 15) is 9.59 Å². The van der Waals surface area contributed by atoms with Gasteiger partial charge in [0.25, 0.3) is 0 Å². The van der Waals surface area contributed by atoms with Crippen molar-refractivity contribution in [2.45, 2.75) is 13.3 Å². The molecule has 0 fully saturated rings. The second kappa shape index (κ2) is 6.29.